The largest absolute Gasteiger partial charge is 0.481 e. The van der Waals surface area contributed by atoms with Crippen molar-refractivity contribution in [2.75, 3.05) is 0 Å². The molecule has 3 nitrogen and oxygen atoms in total. The van der Waals surface area contributed by atoms with E-state index >= 15 is 0 Å². The maximum Gasteiger partial charge on any atom is 0.307 e. The topological polar surface area (TPSA) is 50.2 Å². The third kappa shape index (κ3) is 2.46. The van der Waals surface area contributed by atoms with Gasteiger partial charge in [-0.05, 0) is 22.0 Å². The van der Waals surface area contributed by atoms with Crippen LogP contribution in [0.3, 0.4) is 0 Å². The van der Waals surface area contributed by atoms with Crippen LogP contribution in [-0.4, -0.2) is 16.1 Å². The molecule has 0 atom stereocenters. The van der Waals surface area contributed by atoms with Crippen LogP contribution in [0.4, 0.5) is 0 Å². The first kappa shape index (κ1) is 9.48. The van der Waals surface area contributed by atoms with E-state index in [1.54, 1.807) is 12.1 Å². The number of carboxylic acids is 1. The third-order valence-electron chi connectivity index (χ3n) is 1.23. The predicted octanol–water partition coefficient (Wildman–Crippen LogP) is 2.12. The lowest BCUT2D eigenvalue weighted by atomic mass is 10.2. The van der Waals surface area contributed by atoms with Crippen LogP contribution >= 0.6 is 27.5 Å². The van der Waals surface area contributed by atoms with Crippen LogP contribution in [0.2, 0.25) is 5.15 Å². The number of aromatic nitrogens is 1. The van der Waals surface area contributed by atoms with Crippen LogP contribution in [0.25, 0.3) is 0 Å². The maximum absolute atomic E-state index is 10.3. The number of nitrogens with zero attached hydrogens (tertiary/aromatic N) is 1. The Morgan fingerprint density at radius 3 is 2.83 bits per heavy atom. The van der Waals surface area contributed by atoms with E-state index in [9.17, 15) is 4.79 Å². The Kier molecular flexibility index (Phi) is 3.05. The molecule has 0 unspecified atom stereocenters. The SMILES string of the molecule is O=C(O)Cc1ccc(Br)nc1Cl. The Hall–Kier alpha value is -0.610. The summed E-state index contributed by atoms with van der Waals surface area (Å²) in [5, 5.41) is 8.69. The van der Waals surface area contributed by atoms with Crippen molar-refractivity contribution in [2.45, 2.75) is 6.42 Å². The molecule has 0 aliphatic heterocycles. The fourth-order valence-corrected chi connectivity index (χ4v) is 1.37. The number of aliphatic carboxylic acids is 1. The molecule has 0 aromatic carbocycles. The van der Waals surface area contributed by atoms with Crippen molar-refractivity contribution in [2.24, 2.45) is 0 Å². The minimum absolute atomic E-state index is 0.0981. The van der Waals surface area contributed by atoms with Gasteiger partial charge in [-0.1, -0.05) is 17.7 Å². The zero-order valence-corrected chi connectivity index (χ0v) is 8.26. The van der Waals surface area contributed by atoms with Crippen LogP contribution in [0.5, 0.6) is 0 Å². The summed E-state index contributed by atoms with van der Waals surface area (Å²) in [6.45, 7) is 0. The summed E-state index contributed by atoms with van der Waals surface area (Å²) in [5.74, 6) is -0.916. The second-order valence-electron chi connectivity index (χ2n) is 2.15. The summed E-state index contributed by atoms with van der Waals surface area (Å²) >= 11 is 8.79. The summed E-state index contributed by atoms with van der Waals surface area (Å²) in [6, 6.07) is 3.29. The molecule has 0 bridgehead atoms. The van der Waals surface area contributed by atoms with Gasteiger partial charge in [0.15, 0.2) is 0 Å². The quantitative estimate of drug-likeness (QED) is 0.818. The first-order valence-electron chi connectivity index (χ1n) is 3.12. The highest BCUT2D eigenvalue weighted by atomic mass is 79.9. The van der Waals surface area contributed by atoms with Crippen molar-refractivity contribution in [3.8, 4) is 0 Å². The zero-order valence-electron chi connectivity index (χ0n) is 5.92. The third-order valence-corrected chi connectivity index (χ3v) is 2.00. The lowest BCUT2D eigenvalue weighted by Crippen LogP contribution is -2.01. The molecule has 0 aliphatic rings. The lowest BCUT2D eigenvalue weighted by Gasteiger charge is -1.99. The average Bonchev–Trinajstić information content (AvgIpc) is 1.94. The molecular formula is C7H5BrClNO2. The van der Waals surface area contributed by atoms with E-state index in [0.717, 1.165) is 0 Å². The van der Waals surface area contributed by atoms with Crippen LogP contribution < -0.4 is 0 Å². The Balaban J connectivity index is 2.93. The minimum atomic E-state index is -0.916. The van der Waals surface area contributed by atoms with Crippen molar-refractivity contribution in [1.82, 2.24) is 4.98 Å². The monoisotopic (exact) mass is 249 g/mol. The molecule has 1 heterocycles. The van der Waals surface area contributed by atoms with Crippen LogP contribution in [0, 0.1) is 0 Å². The van der Waals surface area contributed by atoms with E-state index in [0.29, 0.717) is 10.2 Å². The summed E-state index contributed by atoms with van der Waals surface area (Å²) in [6.07, 6.45) is -0.0981. The zero-order chi connectivity index (χ0) is 9.14. The van der Waals surface area contributed by atoms with E-state index in [4.69, 9.17) is 16.7 Å². The van der Waals surface area contributed by atoms with Gasteiger partial charge in [0.05, 0.1) is 6.42 Å². The van der Waals surface area contributed by atoms with Gasteiger partial charge in [-0.25, -0.2) is 4.98 Å². The summed E-state index contributed by atoms with van der Waals surface area (Å²) in [7, 11) is 0. The van der Waals surface area contributed by atoms with Gasteiger partial charge in [0.1, 0.15) is 9.76 Å². The molecule has 12 heavy (non-hydrogen) atoms. The highest BCUT2D eigenvalue weighted by Crippen LogP contribution is 2.17. The molecule has 64 valence electrons. The second-order valence-corrected chi connectivity index (χ2v) is 3.32. The Morgan fingerprint density at radius 1 is 1.67 bits per heavy atom. The molecular weight excluding hydrogens is 245 g/mol. The second kappa shape index (κ2) is 3.87. The van der Waals surface area contributed by atoms with Crippen molar-refractivity contribution in [3.63, 3.8) is 0 Å². The normalized spacial score (nSPS) is 9.83. The van der Waals surface area contributed by atoms with Crippen LogP contribution in [-0.2, 0) is 11.2 Å². The molecule has 5 heteroatoms. The number of halogens is 2. The molecule has 0 spiro atoms. The lowest BCUT2D eigenvalue weighted by molar-refractivity contribution is -0.136. The molecule has 0 saturated carbocycles. The van der Waals surface area contributed by atoms with Crippen molar-refractivity contribution in [1.29, 1.82) is 0 Å². The van der Waals surface area contributed by atoms with Crippen LogP contribution in [0.15, 0.2) is 16.7 Å². The molecule has 1 rings (SSSR count). The van der Waals surface area contributed by atoms with Gasteiger partial charge in [0.2, 0.25) is 0 Å². The number of hydrogen-bond donors (Lipinski definition) is 1. The first-order valence-corrected chi connectivity index (χ1v) is 4.29. The first-order chi connectivity index (χ1) is 5.59. The fourth-order valence-electron chi connectivity index (χ4n) is 0.736. The molecule has 0 fully saturated rings. The number of hydrogen-bond acceptors (Lipinski definition) is 2. The van der Waals surface area contributed by atoms with Gasteiger partial charge in [-0.15, -0.1) is 0 Å². The highest BCUT2D eigenvalue weighted by Gasteiger charge is 2.06. The fraction of sp³-hybridized carbons (Fsp3) is 0.143. The molecule has 1 aromatic rings. The predicted molar refractivity (Wildman–Crippen MR) is 48.3 cm³/mol. The Bertz CT molecular complexity index is 316. The smallest absolute Gasteiger partial charge is 0.307 e. The van der Waals surface area contributed by atoms with Crippen LogP contribution in [0.1, 0.15) is 5.56 Å². The van der Waals surface area contributed by atoms with E-state index in [-0.39, 0.29) is 11.6 Å². The standard InChI is InChI=1S/C7H5BrClNO2/c8-5-2-1-4(3-6(11)12)7(9)10-5/h1-2H,3H2,(H,11,12). The van der Waals surface area contributed by atoms with Gasteiger partial charge in [-0.3, -0.25) is 4.79 Å². The summed E-state index contributed by atoms with van der Waals surface area (Å²) in [5.41, 5.74) is 0.521. The van der Waals surface area contributed by atoms with Gasteiger partial charge in [0.25, 0.3) is 0 Å². The summed E-state index contributed by atoms with van der Waals surface area (Å²) < 4.78 is 0.599. The van der Waals surface area contributed by atoms with Crippen molar-refractivity contribution in [3.05, 3.63) is 27.5 Å². The van der Waals surface area contributed by atoms with Gasteiger partial charge in [0, 0.05) is 5.56 Å². The Morgan fingerprint density at radius 2 is 2.33 bits per heavy atom. The van der Waals surface area contributed by atoms with E-state index in [1.807, 2.05) is 0 Å². The number of carboxylic acid groups (broad SMARTS) is 1. The molecule has 0 aliphatic carbocycles. The molecule has 0 amide bonds. The molecule has 0 radical (unpaired) electrons. The maximum atomic E-state index is 10.3. The van der Waals surface area contributed by atoms with E-state index in [1.165, 1.54) is 0 Å². The minimum Gasteiger partial charge on any atom is -0.481 e. The van der Waals surface area contributed by atoms with E-state index < -0.39 is 5.97 Å². The van der Waals surface area contributed by atoms with Crippen molar-refractivity contribution >= 4 is 33.5 Å². The Labute approximate surface area is 82.5 Å². The average molecular weight is 250 g/mol. The molecule has 1 aromatic heterocycles. The summed E-state index contributed by atoms with van der Waals surface area (Å²) in [4.78, 5) is 14.2. The van der Waals surface area contributed by atoms with E-state index in [2.05, 4.69) is 20.9 Å². The van der Waals surface area contributed by atoms with Gasteiger partial charge < -0.3 is 5.11 Å². The van der Waals surface area contributed by atoms with Gasteiger partial charge in [-0.2, -0.15) is 0 Å². The molecule has 0 saturated heterocycles. The van der Waals surface area contributed by atoms with Gasteiger partial charge >= 0.3 is 5.97 Å². The molecule has 1 N–H and O–H groups in total. The number of rotatable bonds is 2. The highest BCUT2D eigenvalue weighted by molar-refractivity contribution is 9.10. The number of carbonyl (C=O) groups is 1. The van der Waals surface area contributed by atoms with Crippen molar-refractivity contribution < 1.29 is 9.90 Å². The number of pyridine rings is 1.